The van der Waals surface area contributed by atoms with E-state index in [0.29, 0.717) is 32.5 Å². The fraction of sp³-hybridized carbons (Fsp3) is 0. The van der Waals surface area contributed by atoms with Gasteiger partial charge in [-0.15, -0.1) is 0 Å². The predicted molar refractivity (Wildman–Crippen MR) is 104 cm³/mol. The quantitative estimate of drug-likeness (QED) is 0.406. The Morgan fingerprint density at radius 2 is 1.96 bits per heavy atom. The maximum absolute atomic E-state index is 13.9. The van der Waals surface area contributed by atoms with Crippen LogP contribution in [0.25, 0.3) is 32.6 Å². The molecule has 3 aromatic heterocycles. The SMILES string of the molecule is Nc1cncc(Sc2nc3c4cc[nH]c(=O)c4c4cc(F)ccc4c3[nH]2)c1. The van der Waals surface area contributed by atoms with Gasteiger partial charge in [-0.25, -0.2) is 9.37 Å². The lowest BCUT2D eigenvalue weighted by molar-refractivity contribution is 0.630. The number of pyridine rings is 2. The molecule has 0 aliphatic heterocycles. The number of nitrogens with two attached hydrogens (primary N) is 1. The number of fused-ring (bicyclic) bond motifs is 6. The second-order valence-electron chi connectivity index (χ2n) is 6.11. The zero-order chi connectivity index (χ0) is 18.5. The summed E-state index contributed by atoms with van der Waals surface area (Å²) >= 11 is 1.38. The van der Waals surface area contributed by atoms with Crippen molar-refractivity contribution in [2.24, 2.45) is 0 Å². The Balaban J connectivity index is 1.84. The summed E-state index contributed by atoms with van der Waals surface area (Å²) in [5.74, 6) is -0.397. The summed E-state index contributed by atoms with van der Waals surface area (Å²) in [4.78, 5) is 28.0. The Morgan fingerprint density at radius 3 is 2.81 bits per heavy atom. The first-order valence-corrected chi connectivity index (χ1v) is 8.92. The van der Waals surface area contributed by atoms with Crippen molar-refractivity contribution in [1.29, 1.82) is 0 Å². The van der Waals surface area contributed by atoms with Gasteiger partial charge in [-0.1, -0.05) is 11.8 Å². The lowest BCUT2D eigenvalue weighted by Gasteiger charge is -2.05. The van der Waals surface area contributed by atoms with Crippen LogP contribution >= 0.6 is 11.8 Å². The maximum atomic E-state index is 13.9. The Kier molecular flexibility index (Phi) is 3.41. The van der Waals surface area contributed by atoms with E-state index >= 15 is 0 Å². The zero-order valence-electron chi connectivity index (χ0n) is 13.8. The summed E-state index contributed by atoms with van der Waals surface area (Å²) in [6.07, 6.45) is 4.84. The number of imidazole rings is 1. The first-order valence-electron chi connectivity index (χ1n) is 8.11. The lowest BCUT2D eigenvalue weighted by Crippen LogP contribution is -2.05. The van der Waals surface area contributed by atoms with Gasteiger partial charge in [-0.05, 0) is 30.3 Å². The van der Waals surface area contributed by atoms with Crippen LogP contribution in [0, 0.1) is 5.82 Å². The molecule has 5 rings (SSSR count). The topological polar surface area (TPSA) is 100 Å². The molecule has 0 aliphatic carbocycles. The molecule has 8 heteroatoms. The van der Waals surface area contributed by atoms with Crippen LogP contribution in [0.1, 0.15) is 0 Å². The van der Waals surface area contributed by atoms with Gasteiger partial charge < -0.3 is 15.7 Å². The molecule has 0 atom stereocenters. The molecule has 0 unspecified atom stereocenters. The van der Waals surface area contributed by atoms with E-state index in [2.05, 4.69) is 19.9 Å². The Labute approximate surface area is 155 Å². The highest BCUT2D eigenvalue weighted by molar-refractivity contribution is 7.99. The van der Waals surface area contributed by atoms with Crippen molar-refractivity contribution < 1.29 is 4.39 Å². The van der Waals surface area contributed by atoms with E-state index in [1.54, 1.807) is 36.8 Å². The van der Waals surface area contributed by atoms with E-state index in [1.165, 1.54) is 23.9 Å². The summed E-state index contributed by atoms with van der Waals surface area (Å²) in [5.41, 5.74) is 7.49. The number of nitrogen functional groups attached to an aromatic ring is 1. The highest BCUT2D eigenvalue weighted by atomic mass is 32.2. The molecule has 0 spiro atoms. The van der Waals surface area contributed by atoms with E-state index in [1.807, 2.05) is 0 Å². The molecule has 3 heterocycles. The third-order valence-corrected chi connectivity index (χ3v) is 5.21. The van der Waals surface area contributed by atoms with Crippen LogP contribution in [0.15, 0.2) is 63.8 Å². The number of anilines is 1. The van der Waals surface area contributed by atoms with Crippen LogP contribution in [0.5, 0.6) is 0 Å². The van der Waals surface area contributed by atoms with Crippen molar-refractivity contribution in [2.75, 3.05) is 5.73 Å². The molecule has 0 radical (unpaired) electrons. The summed E-state index contributed by atoms with van der Waals surface area (Å²) < 4.78 is 13.9. The molecule has 5 aromatic rings. The van der Waals surface area contributed by atoms with Crippen LogP contribution < -0.4 is 11.3 Å². The number of nitrogens with zero attached hydrogens (tertiary/aromatic N) is 2. The fourth-order valence-corrected chi connectivity index (χ4v) is 4.10. The molecule has 0 fully saturated rings. The van der Waals surface area contributed by atoms with Gasteiger partial charge in [-0.3, -0.25) is 9.78 Å². The minimum Gasteiger partial charge on any atom is -0.397 e. The van der Waals surface area contributed by atoms with Crippen LogP contribution in [0.3, 0.4) is 0 Å². The van der Waals surface area contributed by atoms with Crippen molar-refractivity contribution >= 4 is 50.0 Å². The molecule has 0 amide bonds. The predicted octanol–water partition coefficient (Wildman–Crippen LogP) is 3.83. The zero-order valence-corrected chi connectivity index (χ0v) is 14.6. The first kappa shape index (κ1) is 15.8. The van der Waals surface area contributed by atoms with Crippen LogP contribution in [-0.4, -0.2) is 19.9 Å². The van der Waals surface area contributed by atoms with E-state index in [4.69, 9.17) is 5.73 Å². The normalized spacial score (nSPS) is 11.6. The summed E-state index contributed by atoms with van der Waals surface area (Å²) in [5, 5.41) is 3.01. The Hall–Kier alpha value is -3.39. The van der Waals surface area contributed by atoms with E-state index in [0.717, 1.165) is 15.8 Å². The molecule has 0 bridgehead atoms. The minimum atomic E-state index is -0.397. The van der Waals surface area contributed by atoms with Gasteiger partial charge in [0.05, 0.1) is 22.1 Å². The molecule has 6 nitrogen and oxygen atoms in total. The number of hydrogen-bond donors (Lipinski definition) is 3. The molecular formula is C19H12FN5OS. The highest BCUT2D eigenvalue weighted by Crippen LogP contribution is 2.35. The first-order chi connectivity index (χ1) is 13.1. The van der Waals surface area contributed by atoms with Gasteiger partial charge in [0.1, 0.15) is 5.82 Å². The van der Waals surface area contributed by atoms with Gasteiger partial charge in [0.25, 0.3) is 5.56 Å². The molecule has 0 saturated heterocycles. The number of H-pyrrole nitrogens is 2. The van der Waals surface area contributed by atoms with Gasteiger partial charge in [0.15, 0.2) is 5.16 Å². The van der Waals surface area contributed by atoms with Crippen molar-refractivity contribution in [3.63, 3.8) is 0 Å². The number of aromatic amines is 2. The van der Waals surface area contributed by atoms with Crippen molar-refractivity contribution in [1.82, 2.24) is 19.9 Å². The number of rotatable bonds is 2. The van der Waals surface area contributed by atoms with E-state index < -0.39 is 5.82 Å². The standard InChI is InChI=1S/C19H12FN5OS/c20-9-1-2-12-14(5-9)15-13(3-4-23-18(15)26)17-16(12)24-19(25-17)27-11-6-10(21)7-22-8-11/h1-8H,21H2,(H,23,26)(H,24,25). The summed E-state index contributed by atoms with van der Waals surface area (Å²) in [7, 11) is 0. The average molecular weight is 377 g/mol. The number of halogens is 1. The lowest BCUT2D eigenvalue weighted by atomic mass is 10.0. The van der Waals surface area contributed by atoms with Crippen molar-refractivity contribution in [3.8, 4) is 0 Å². The third kappa shape index (κ3) is 2.53. The van der Waals surface area contributed by atoms with Gasteiger partial charge in [0, 0.05) is 39.6 Å². The molecule has 132 valence electrons. The molecule has 4 N–H and O–H groups in total. The van der Waals surface area contributed by atoms with Crippen LogP contribution in [0.4, 0.5) is 10.1 Å². The average Bonchev–Trinajstić information content (AvgIpc) is 3.05. The fourth-order valence-electron chi connectivity index (χ4n) is 3.28. The molecule has 0 saturated carbocycles. The number of hydrogen-bond acceptors (Lipinski definition) is 5. The van der Waals surface area contributed by atoms with E-state index in [-0.39, 0.29) is 5.56 Å². The van der Waals surface area contributed by atoms with Crippen LogP contribution in [-0.2, 0) is 0 Å². The smallest absolute Gasteiger partial charge is 0.256 e. The van der Waals surface area contributed by atoms with E-state index in [9.17, 15) is 9.18 Å². The molecular weight excluding hydrogens is 365 g/mol. The maximum Gasteiger partial charge on any atom is 0.256 e. The van der Waals surface area contributed by atoms with Gasteiger partial charge in [-0.2, -0.15) is 0 Å². The Morgan fingerprint density at radius 1 is 1.07 bits per heavy atom. The number of aromatic nitrogens is 4. The highest BCUT2D eigenvalue weighted by Gasteiger charge is 2.16. The van der Waals surface area contributed by atoms with Crippen molar-refractivity contribution in [3.05, 3.63) is 65.1 Å². The molecule has 27 heavy (non-hydrogen) atoms. The second-order valence-corrected chi connectivity index (χ2v) is 7.17. The van der Waals surface area contributed by atoms with Gasteiger partial charge >= 0.3 is 0 Å². The number of nitrogens with one attached hydrogen (secondary N) is 2. The Bertz CT molecular complexity index is 1410. The third-order valence-electron chi connectivity index (χ3n) is 4.37. The monoisotopic (exact) mass is 377 g/mol. The summed E-state index contributed by atoms with van der Waals surface area (Å²) in [6, 6.07) is 8.00. The molecule has 0 aliphatic rings. The van der Waals surface area contributed by atoms with Gasteiger partial charge in [0.2, 0.25) is 0 Å². The largest absolute Gasteiger partial charge is 0.397 e. The van der Waals surface area contributed by atoms with Crippen LogP contribution in [0.2, 0.25) is 0 Å². The summed E-state index contributed by atoms with van der Waals surface area (Å²) in [6.45, 7) is 0. The molecule has 2 aromatic carbocycles. The second kappa shape index (κ2) is 5.82. The van der Waals surface area contributed by atoms with Crippen molar-refractivity contribution in [2.45, 2.75) is 10.1 Å². The number of benzene rings is 2. The minimum absolute atomic E-state index is 0.276.